The monoisotopic (exact) mass is 419 g/mol. The normalized spacial score (nSPS) is 15.9. The number of anilines is 1. The van der Waals surface area contributed by atoms with Gasteiger partial charge in [-0.25, -0.2) is 12.8 Å². The second kappa shape index (κ2) is 9.47. The van der Waals surface area contributed by atoms with E-state index in [1.165, 1.54) is 22.5 Å². The maximum atomic E-state index is 12.9. The smallest absolute Gasteiger partial charge is 0.243 e. The van der Waals surface area contributed by atoms with E-state index in [0.717, 1.165) is 25.2 Å². The summed E-state index contributed by atoms with van der Waals surface area (Å²) >= 11 is 0. The summed E-state index contributed by atoms with van der Waals surface area (Å²) in [7, 11) is -3.59. The van der Waals surface area contributed by atoms with E-state index in [9.17, 15) is 17.6 Å². The Morgan fingerprint density at radius 1 is 1.07 bits per heavy atom. The molecule has 156 valence electrons. The topological polar surface area (TPSA) is 69.7 Å². The summed E-state index contributed by atoms with van der Waals surface area (Å²) in [5.41, 5.74) is 1.31. The Hall–Kier alpha value is -2.29. The van der Waals surface area contributed by atoms with E-state index in [2.05, 4.69) is 17.1 Å². The average molecular weight is 420 g/mol. The van der Waals surface area contributed by atoms with Crippen LogP contribution in [-0.2, 0) is 21.2 Å². The SMILES string of the molecule is CCN1CCN(S(=O)(=O)c2cccc(NC(=O)CCc3ccc(F)cc3)c2)CC1. The molecular formula is C21H26FN3O3S. The molecule has 2 aromatic rings. The van der Waals surface area contributed by atoms with Crippen molar-refractivity contribution in [3.63, 3.8) is 0 Å². The molecule has 1 fully saturated rings. The molecule has 1 saturated heterocycles. The Morgan fingerprint density at radius 3 is 2.41 bits per heavy atom. The number of benzene rings is 2. The molecule has 29 heavy (non-hydrogen) atoms. The van der Waals surface area contributed by atoms with Crippen molar-refractivity contribution in [2.75, 3.05) is 38.0 Å². The Bertz CT molecular complexity index is 940. The molecule has 0 radical (unpaired) electrons. The molecule has 0 aliphatic carbocycles. The number of hydrogen-bond donors (Lipinski definition) is 1. The van der Waals surface area contributed by atoms with Crippen molar-refractivity contribution in [1.82, 2.24) is 9.21 Å². The number of nitrogens with zero attached hydrogens (tertiary/aromatic N) is 2. The zero-order valence-electron chi connectivity index (χ0n) is 16.5. The van der Waals surface area contributed by atoms with Crippen LogP contribution >= 0.6 is 0 Å². The molecule has 0 saturated carbocycles. The van der Waals surface area contributed by atoms with Crippen molar-refractivity contribution < 1.29 is 17.6 Å². The van der Waals surface area contributed by atoms with Crippen molar-refractivity contribution in [2.24, 2.45) is 0 Å². The van der Waals surface area contributed by atoms with Crippen LogP contribution in [0.3, 0.4) is 0 Å². The van der Waals surface area contributed by atoms with Crippen LogP contribution in [0, 0.1) is 5.82 Å². The predicted octanol–water partition coefficient (Wildman–Crippen LogP) is 2.72. The standard InChI is InChI=1S/C21H26FN3O3S/c1-2-24-12-14-25(15-13-24)29(27,28)20-5-3-4-19(16-20)23-21(26)11-8-17-6-9-18(22)10-7-17/h3-7,9-10,16H,2,8,11-15H2,1H3,(H,23,26). The Morgan fingerprint density at radius 2 is 1.76 bits per heavy atom. The molecule has 8 heteroatoms. The molecule has 0 spiro atoms. The summed E-state index contributed by atoms with van der Waals surface area (Å²) in [5.74, 6) is -0.534. The largest absolute Gasteiger partial charge is 0.326 e. The number of amides is 1. The maximum Gasteiger partial charge on any atom is 0.243 e. The first-order chi connectivity index (χ1) is 13.9. The third kappa shape index (κ3) is 5.62. The number of sulfonamides is 1. The fraction of sp³-hybridized carbons (Fsp3) is 0.381. The molecule has 1 heterocycles. The van der Waals surface area contributed by atoms with Crippen molar-refractivity contribution in [1.29, 1.82) is 0 Å². The summed E-state index contributed by atoms with van der Waals surface area (Å²) < 4.78 is 40.3. The molecule has 1 aliphatic heterocycles. The highest BCUT2D eigenvalue weighted by atomic mass is 32.2. The average Bonchev–Trinajstić information content (AvgIpc) is 2.73. The first kappa shape index (κ1) is 21.4. The molecule has 0 bridgehead atoms. The van der Waals surface area contributed by atoms with E-state index in [4.69, 9.17) is 0 Å². The van der Waals surface area contributed by atoms with Gasteiger partial charge in [0.25, 0.3) is 0 Å². The number of aryl methyl sites for hydroxylation is 1. The number of nitrogens with one attached hydrogen (secondary N) is 1. The van der Waals surface area contributed by atoms with E-state index < -0.39 is 10.0 Å². The minimum Gasteiger partial charge on any atom is -0.326 e. The Balaban J connectivity index is 1.61. The van der Waals surface area contributed by atoms with Crippen LogP contribution in [0.5, 0.6) is 0 Å². The molecule has 0 aromatic heterocycles. The minimum absolute atomic E-state index is 0.179. The van der Waals surface area contributed by atoms with Gasteiger partial charge < -0.3 is 10.2 Å². The number of piperazine rings is 1. The van der Waals surface area contributed by atoms with Gasteiger partial charge in [-0.2, -0.15) is 4.31 Å². The number of halogens is 1. The van der Waals surface area contributed by atoms with Gasteiger partial charge in [0.05, 0.1) is 4.90 Å². The summed E-state index contributed by atoms with van der Waals surface area (Å²) in [6.45, 7) is 5.33. The molecule has 2 aromatic carbocycles. The number of likely N-dealkylation sites (N-methyl/N-ethyl adjacent to an activating group) is 1. The van der Waals surface area contributed by atoms with Crippen LogP contribution in [0.1, 0.15) is 18.9 Å². The number of rotatable bonds is 7. The fourth-order valence-electron chi connectivity index (χ4n) is 3.30. The second-order valence-corrected chi connectivity index (χ2v) is 8.98. The van der Waals surface area contributed by atoms with Crippen molar-refractivity contribution >= 4 is 21.6 Å². The van der Waals surface area contributed by atoms with Crippen LogP contribution in [0.15, 0.2) is 53.4 Å². The molecule has 0 atom stereocenters. The lowest BCUT2D eigenvalue weighted by atomic mass is 10.1. The summed E-state index contributed by atoms with van der Waals surface area (Å²) in [6.07, 6.45) is 0.702. The van der Waals surface area contributed by atoms with Crippen molar-refractivity contribution in [3.05, 3.63) is 59.9 Å². The zero-order chi connectivity index (χ0) is 20.9. The molecule has 1 amide bonds. The van der Waals surface area contributed by atoms with Crippen LogP contribution in [-0.4, -0.2) is 56.3 Å². The van der Waals surface area contributed by atoms with E-state index in [1.54, 1.807) is 30.3 Å². The highest BCUT2D eigenvalue weighted by Crippen LogP contribution is 2.21. The fourth-order valence-corrected chi connectivity index (χ4v) is 4.77. The highest BCUT2D eigenvalue weighted by Gasteiger charge is 2.28. The van der Waals surface area contributed by atoms with E-state index in [-0.39, 0.29) is 23.0 Å². The first-order valence-corrected chi connectivity index (χ1v) is 11.2. The van der Waals surface area contributed by atoms with E-state index in [1.807, 2.05) is 0 Å². The van der Waals surface area contributed by atoms with Crippen LogP contribution in [0.2, 0.25) is 0 Å². The summed E-state index contributed by atoms with van der Waals surface area (Å²) in [6, 6.07) is 12.4. The highest BCUT2D eigenvalue weighted by molar-refractivity contribution is 7.89. The molecular weight excluding hydrogens is 393 g/mol. The van der Waals surface area contributed by atoms with E-state index in [0.29, 0.717) is 25.2 Å². The van der Waals surface area contributed by atoms with Crippen LogP contribution in [0.4, 0.5) is 10.1 Å². The van der Waals surface area contributed by atoms with Gasteiger partial charge in [0.1, 0.15) is 5.82 Å². The van der Waals surface area contributed by atoms with Gasteiger partial charge >= 0.3 is 0 Å². The van der Waals surface area contributed by atoms with Gasteiger partial charge in [-0.1, -0.05) is 25.1 Å². The van der Waals surface area contributed by atoms with Gasteiger partial charge in [-0.05, 0) is 48.9 Å². The quantitative estimate of drug-likeness (QED) is 0.749. The van der Waals surface area contributed by atoms with Crippen LogP contribution < -0.4 is 5.32 Å². The Labute approximate surface area is 171 Å². The number of carbonyl (C=O) groups is 1. The van der Waals surface area contributed by atoms with Gasteiger partial charge in [-0.15, -0.1) is 0 Å². The molecule has 1 N–H and O–H groups in total. The van der Waals surface area contributed by atoms with Crippen LogP contribution in [0.25, 0.3) is 0 Å². The lowest BCUT2D eigenvalue weighted by molar-refractivity contribution is -0.116. The third-order valence-corrected chi connectivity index (χ3v) is 6.98. The van der Waals surface area contributed by atoms with Gasteiger partial charge in [0.2, 0.25) is 15.9 Å². The molecule has 1 aliphatic rings. The van der Waals surface area contributed by atoms with Gasteiger partial charge in [-0.3, -0.25) is 4.79 Å². The Kier molecular flexibility index (Phi) is 7.00. The summed E-state index contributed by atoms with van der Waals surface area (Å²) in [4.78, 5) is 14.6. The second-order valence-electron chi connectivity index (χ2n) is 7.04. The van der Waals surface area contributed by atoms with Crippen molar-refractivity contribution in [3.8, 4) is 0 Å². The maximum absolute atomic E-state index is 12.9. The summed E-state index contributed by atoms with van der Waals surface area (Å²) in [5, 5.41) is 2.75. The van der Waals surface area contributed by atoms with Crippen molar-refractivity contribution in [2.45, 2.75) is 24.7 Å². The lowest BCUT2D eigenvalue weighted by Gasteiger charge is -2.33. The minimum atomic E-state index is -3.59. The molecule has 3 rings (SSSR count). The lowest BCUT2D eigenvalue weighted by Crippen LogP contribution is -2.48. The van der Waals surface area contributed by atoms with Gasteiger partial charge in [0.15, 0.2) is 0 Å². The first-order valence-electron chi connectivity index (χ1n) is 9.75. The number of carbonyl (C=O) groups excluding carboxylic acids is 1. The van der Waals surface area contributed by atoms with Gasteiger partial charge in [0, 0.05) is 38.3 Å². The third-order valence-electron chi connectivity index (χ3n) is 5.09. The zero-order valence-corrected chi connectivity index (χ0v) is 17.3. The molecule has 6 nitrogen and oxygen atoms in total. The predicted molar refractivity (Wildman–Crippen MR) is 111 cm³/mol. The van der Waals surface area contributed by atoms with E-state index >= 15 is 0 Å². The molecule has 0 unspecified atom stereocenters. The number of hydrogen-bond acceptors (Lipinski definition) is 4.